The van der Waals surface area contributed by atoms with Crippen molar-refractivity contribution in [3.05, 3.63) is 82.1 Å². The molecule has 0 spiro atoms. The molecule has 0 atom stereocenters. The number of carbonyl (C=O) groups excluding carboxylic acids is 1. The summed E-state index contributed by atoms with van der Waals surface area (Å²) < 4.78 is 2.08. The molecule has 1 amide bonds. The topological polar surface area (TPSA) is 49.6 Å². The third kappa shape index (κ3) is 4.26. The van der Waals surface area contributed by atoms with Gasteiger partial charge in [-0.3, -0.25) is 4.79 Å². The van der Waals surface area contributed by atoms with Gasteiger partial charge in [0.25, 0.3) is 5.91 Å². The molecule has 2 aromatic carbocycles. The zero-order valence-electron chi connectivity index (χ0n) is 17.2. The Bertz CT molecular complexity index is 1060. The number of rotatable bonds is 5. The molecule has 2 heterocycles. The van der Waals surface area contributed by atoms with Gasteiger partial charge in [-0.15, -0.1) is 0 Å². The van der Waals surface area contributed by atoms with E-state index in [4.69, 9.17) is 11.6 Å². The number of aryl methyl sites for hydroxylation is 2. The van der Waals surface area contributed by atoms with Crippen LogP contribution in [-0.4, -0.2) is 29.8 Å². The quantitative estimate of drug-likeness (QED) is 0.460. The van der Waals surface area contributed by atoms with Gasteiger partial charge in [-0.05, 0) is 74.7 Å². The van der Waals surface area contributed by atoms with E-state index >= 15 is 0 Å². The third-order valence-corrected chi connectivity index (χ3v) is 5.80. The predicted molar refractivity (Wildman–Crippen MR) is 123 cm³/mol. The molecular weight excluding hydrogens is 396 g/mol. The fraction of sp³-hybridized carbons (Fsp3) is 0.250. The second-order valence-corrected chi connectivity index (χ2v) is 8.01. The summed E-state index contributed by atoms with van der Waals surface area (Å²) in [6.45, 7) is 6.29. The lowest BCUT2D eigenvalue weighted by Crippen LogP contribution is -2.18. The average Bonchev–Trinajstić information content (AvgIpc) is 3.39. The maximum atomic E-state index is 12.7. The molecule has 5 nitrogen and oxygen atoms in total. The Hall–Kier alpha value is -3.05. The first-order valence-electron chi connectivity index (χ1n) is 10.2. The number of halogens is 1. The summed E-state index contributed by atoms with van der Waals surface area (Å²) in [5.74, 6) is -0.339. The smallest absolute Gasteiger partial charge is 0.272 e. The molecule has 1 aromatic heterocycles. The predicted octanol–water partition coefficient (Wildman–Crippen LogP) is 5.11. The van der Waals surface area contributed by atoms with Crippen molar-refractivity contribution in [1.82, 2.24) is 9.99 Å². The van der Waals surface area contributed by atoms with E-state index in [-0.39, 0.29) is 5.91 Å². The lowest BCUT2D eigenvalue weighted by molar-refractivity contribution is 0.0955. The first kappa shape index (κ1) is 20.2. The van der Waals surface area contributed by atoms with Crippen LogP contribution < -0.4 is 10.3 Å². The van der Waals surface area contributed by atoms with E-state index in [1.165, 1.54) is 18.5 Å². The summed E-state index contributed by atoms with van der Waals surface area (Å²) in [4.78, 5) is 15.0. The minimum Gasteiger partial charge on any atom is -0.372 e. The normalized spacial score (nSPS) is 13.9. The van der Waals surface area contributed by atoms with Crippen LogP contribution in [0.25, 0.3) is 5.69 Å². The molecule has 4 rings (SSSR count). The first-order chi connectivity index (χ1) is 14.5. The highest BCUT2D eigenvalue weighted by Gasteiger charge is 2.13. The van der Waals surface area contributed by atoms with Crippen molar-refractivity contribution in [3.63, 3.8) is 0 Å². The third-order valence-electron chi connectivity index (χ3n) is 5.47. The number of carbonyl (C=O) groups is 1. The number of hydrogen-bond acceptors (Lipinski definition) is 3. The number of amides is 1. The lowest BCUT2D eigenvalue weighted by Gasteiger charge is -2.17. The van der Waals surface area contributed by atoms with Crippen LogP contribution in [0, 0.1) is 13.8 Å². The van der Waals surface area contributed by atoms with Crippen LogP contribution in [0.2, 0.25) is 5.02 Å². The van der Waals surface area contributed by atoms with Crippen LogP contribution in [0.1, 0.15) is 40.2 Å². The molecule has 0 radical (unpaired) electrons. The summed E-state index contributed by atoms with van der Waals surface area (Å²) in [7, 11) is 0. The zero-order valence-corrected chi connectivity index (χ0v) is 18.0. The number of aromatic nitrogens is 1. The lowest BCUT2D eigenvalue weighted by atomic mass is 10.2. The maximum Gasteiger partial charge on any atom is 0.272 e. The molecule has 154 valence electrons. The first-order valence-corrected chi connectivity index (χ1v) is 10.5. The van der Waals surface area contributed by atoms with Gasteiger partial charge in [0.15, 0.2) is 0 Å². The molecule has 1 fully saturated rings. The molecule has 0 aliphatic carbocycles. The van der Waals surface area contributed by atoms with Gasteiger partial charge >= 0.3 is 0 Å². The van der Waals surface area contributed by atoms with E-state index in [1.54, 1.807) is 18.3 Å². The number of benzene rings is 2. The molecule has 3 aromatic rings. The van der Waals surface area contributed by atoms with E-state index in [2.05, 4.69) is 32.1 Å². The van der Waals surface area contributed by atoms with Gasteiger partial charge in [-0.25, -0.2) is 5.43 Å². The van der Waals surface area contributed by atoms with Crippen LogP contribution in [0.15, 0.2) is 59.7 Å². The Morgan fingerprint density at radius 2 is 1.60 bits per heavy atom. The molecule has 0 unspecified atom stereocenters. The van der Waals surface area contributed by atoms with Crippen molar-refractivity contribution in [3.8, 4) is 5.69 Å². The van der Waals surface area contributed by atoms with Crippen molar-refractivity contribution in [2.45, 2.75) is 26.7 Å². The molecule has 0 bridgehead atoms. The Kier molecular flexibility index (Phi) is 5.91. The number of hydrogen-bond donors (Lipinski definition) is 1. The van der Waals surface area contributed by atoms with Crippen molar-refractivity contribution in [1.29, 1.82) is 0 Å². The Labute approximate surface area is 182 Å². The highest BCUT2D eigenvalue weighted by Crippen LogP contribution is 2.23. The zero-order chi connectivity index (χ0) is 21.1. The van der Waals surface area contributed by atoms with Gasteiger partial charge in [0.1, 0.15) is 0 Å². The number of hydrazone groups is 1. The van der Waals surface area contributed by atoms with Crippen LogP contribution in [0.3, 0.4) is 0 Å². The van der Waals surface area contributed by atoms with Crippen LogP contribution in [0.5, 0.6) is 0 Å². The number of anilines is 1. The van der Waals surface area contributed by atoms with Gasteiger partial charge in [0, 0.05) is 35.9 Å². The summed E-state index contributed by atoms with van der Waals surface area (Å²) in [5.41, 5.74) is 8.22. The van der Waals surface area contributed by atoms with Crippen LogP contribution in [-0.2, 0) is 0 Å². The van der Waals surface area contributed by atoms with Crippen LogP contribution in [0.4, 0.5) is 5.69 Å². The standard InChI is InChI=1S/C24H25ClN4O/c1-17-5-6-18(2)29(17)21-11-12-23(25)22(15-21)24(30)27-26-16-19-7-9-20(10-8-19)28-13-3-4-14-28/h5-12,15-16H,3-4,13-14H2,1-2H3,(H,27,30). The maximum absolute atomic E-state index is 12.7. The monoisotopic (exact) mass is 420 g/mol. The van der Waals surface area contributed by atoms with E-state index in [0.717, 1.165) is 35.7 Å². The number of nitrogens with zero attached hydrogens (tertiary/aromatic N) is 3. The van der Waals surface area contributed by atoms with Gasteiger partial charge in [0.05, 0.1) is 16.8 Å². The fourth-order valence-corrected chi connectivity index (χ4v) is 4.08. The molecule has 1 aliphatic heterocycles. The van der Waals surface area contributed by atoms with Gasteiger partial charge in [-0.1, -0.05) is 23.7 Å². The molecule has 1 aliphatic rings. The minimum atomic E-state index is -0.339. The summed E-state index contributed by atoms with van der Waals surface area (Å²) in [6.07, 6.45) is 4.15. The van der Waals surface area contributed by atoms with E-state index in [9.17, 15) is 4.79 Å². The largest absolute Gasteiger partial charge is 0.372 e. The Morgan fingerprint density at radius 1 is 0.967 bits per heavy atom. The highest BCUT2D eigenvalue weighted by atomic mass is 35.5. The fourth-order valence-electron chi connectivity index (χ4n) is 3.87. The summed E-state index contributed by atoms with van der Waals surface area (Å²) >= 11 is 6.28. The van der Waals surface area contributed by atoms with Gasteiger partial charge < -0.3 is 9.47 Å². The Morgan fingerprint density at radius 3 is 2.27 bits per heavy atom. The van der Waals surface area contributed by atoms with Crippen molar-refractivity contribution in [2.24, 2.45) is 5.10 Å². The van der Waals surface area contributed by atoms with Crippen molar-refractivity contribution < 1.29 is 4.79 Å². The molecule has 6 heteroatoms. The van der Waals surface area contributed by atoms with Crippen molar-refractivity contribution in [2.75, 3.05) is 18.0 Å². The van der Waals surface area contributed by atoms with Crippen LogP contribution >= 0.6 is 11.6 Å². The minimum absolute atomic E-state index is 0.339. The van der Waals surface area contributed by atoms with E-state index < -0.39 is 0 Å². The van der Waals surface area contributed by atoms with Gasteiger partial charge in [0.2, 0.25) is 0 Å². The SMILES string of the molecule is Cc1ccc(C)n1-c1ccc(Cl)c(C(=O)NN=Cc2ccc(N3CCCC3)cc2)c1. The van der Waals surface area contributed by atoms with Gasteiger partial charge in [-0.2, -0.15) is 5.10 Å². The average molecular weight is 421 g/mol. The second-order valence-electron chi connectivity index (χ2n) is 7.60. The highest BCUT2D eigenvalue weighted by molar-refractivity contribution is 6.33. The van der Waals surface area contributed by atoms with Crippen molar-refractivity contribution >= 4 is 29.4 Å². The Balaban J connectivity index is 1.45. The van der Waals surface area contributed by atoms with E-state index in [0.29, 0.717) is 10.6 Å². The molecule has 0 saturated carbocycles. The molecule has 30 heavy (non-hydrogen) atoms. The molecule has 1 N–H and O–H groups in total. The summed E-state index contributed by atoms with van der Waals surface area (Å²) in [6, 6.07) is 17.7. The number of nitrogens with one attached hydrogen (secondary N) is 1. The molecule has 1 saturated heterocycles. The summed E-state index contributed by atoms with van der Waals surface area (Å²) in [5, 5.41) is 4.50. The van der Waals surface area contributed by atoms with E-state index in [1.807, 2.05) is 44.2 Å². The second kappa shape index (κ2) is 8.76. The molecular formula is C24H25ClN4O.